The summed E-state index contributed by atoms with van der Waals surface area (Å²) < 4.78 is 5.23. The van der Waals surface area contributed by atoms with E-state index in [1.54, 1.807) is 12.4 Å². The molecule has 1 aliphatic rings. The van der Waals surface area contributed by atoms with Crippen LogP contribution >= 0.6 is 0 Å². The molecule has 0 unspecified atom stereocenters. The van der Waals surface area contributed by atoms with Crippen LogP contribution in [0.3, 0.4) is 0 Å². The molecule has 0 aromatic carbocycles. The molecule has 6 heteroatoms. The monoisotopic (exact) mass is 300 g/mol. The first kappa shape index (κ1) is 14.7. The Morgan fingerprint density at radius 2 is 1.86 bits per heavy atom. The molecule has 2 aromatic heterocycles. The molecule has 22 heavy (non-hydrogen) atoms. The van der Waals surface area contributed by atoms with Gasteiger partial charge >= 0.3 is 0 Å². The highest BCUT2D eigenvalue weighted by Gasteiger charge is 2.17. The van der Waals surface area contributed by atoms with Crippen molar-refractivity contribution in [2.45, 2.75) is 38.5 Å². The van der Waals surface area contributed by atoms with Crippen molar-refractivity contribution in [2.75, 3.05) is 13.1 Å². The van der Waals surface area contributed by atoms with E-state index in [-0.39, 0.29) is 5.91 Å². The second-order valence-electron chi connectivity index (χ2n) is 5.54. The van der Waals surface area contributed by atoms with E-state index in [0.717, 1.165) is 31.5 Å². The second kappa shape index (κ2) is 7.15. The van der Waals surface area contributed by atoms with Gasteiger partial charge in [0, 0.05) is 43.9 Å². The molecular weight excluding hydrogens is 280 g/mol. The van der Waals surface area contributed by atoms with Gasteiger partial charge in [-0.15, -0.1) is 0 Å². The summed E-state index contributed by atoms with van der Waals surface area (Å²) in [6.07, 6.45) is 8.97. The summed E-state index contributed by atoms with van der Waals surface area (Å²) >= 11 is 0. The van der Waals surface area contributed by atoms with Crippen LogP contribution in [-0.4, -0.2) is 39.0 Å². The molecule has 1 fully saturated rings. The molecule has 1 amide bonds. The van der Waals surface area contributed by atoms with Crippen molar-refractivity contribution in [3.8, 4) is 11.4 Å². The van der Waals surface area contributed by atoms with Crippen molar-refractivity contribution in [1.82, 2.24) is 20.0 Å². The van der Waals surface area contributed by atoms with Crippen LogP contribution in [-0.2, 0) is 11.2 Å². The van der Waals surface area contributed by atoms with Gasteiger partial charge in [0.1, 0.15) is 0 Å². The van der Waals surface area contributed by atoms with Crippen molar-refractivity contribution < 1.29 is 9.32 Å². The van der Waals surface area contributed by atoms with Gasteiger partial charge in [0.15, 0.2) is 0 Å². The highest BCUT2D eigenvalue weighted by molar-refractivity contribution is 5.76. The molecule has 1 aliphatic heterocycles. The van der Waals surface area contributed by atoms with Crippen LogP contribution in [0.2, 0.25) is 0 Å². The number of amides is 1. The van der Waals surface area contributed by atoms with Crippen LogP contribution in [0.25, 0.3) is 11.4 Å². The molecule has 3 heterocycles. The minimum absolute atomic E-state index is 0.186. The fourth-order valence-corrected chi connectivity index (χ4v) is 2.67. The molecule has 2 aromatic rings. The molecule has 6 nitrogen and oxygen atoms in total. The van der Waals surface area contributed by atoms with Crippen LogP contribution in [0.5, 0.6) is 0 Å². The van der Waals surface area contributed by atoms with Gasteiger partial charge in [-0.3, -0.25) is 9.78 Å². The molecule has 0 radical (unpaired) electrons. The van der Waals surface area contributed by atoms with Crippen LogP contribution in [0, 0.1) is 0 Å². The second-order valence-corrected chi connectivity index (χ2v) is 5.54. The predicted molar refractivity (Wildman–Crippen MR) is 80.9 cm³/mol. The molecule has 0 atom stereocenters. The number of pyridine rings is 1. The number of aromatic nitrogens is 3. The van der Waals surface area contributed by atoms with E-state index >= 15 is 0 Å². The Morgan fingerprint density at radius 3 is 2.59 bits per heavy atom. The van der Waals surface area contributed by atoms with E-state index in [9.17, 15) is 4.79 Å². The van der Waals surface area contributed by atoms with Crippen molar-refractivity contribution in [3.63, 3.8) is 0 Å². The van der Waals surface area contributed by atoms with Crippen LogP contribution < -0.4 is 0 Å². The Bertz CT molecular complexity index is 604. The molecule has 1 saturated heterocycles. The lowest BCUT2D eigenvalue weighted by Crippen LogP contribution is -2.31. The molecule has 0 aliphatic carbocycles. The molecule has 0 N–H and O–H groups in total. The summed E-state index contributed by atoms with van der Waals surface area (Å²) in [7, 11) is 0. The Kier molecular flexibility index (Phi) is 4.78. The zero-order chi connectivity index (χ0) is 15.2. The Labute approximate surface area is 129 Å². The van der Waals surface area contributed by atoms with Gasteiger partial charge in [-0.25, -0.2) is 0 Å². The number of carbonyl (C=O) groups excluding carboxylic acids is 1. The third kappa shape index (κ3) is 3.69. The van der Waals surface area contributed by atoms with E-state index in [4.69, 9.17) is 4.52 Å². The maximum Gasteiger partial charge on any atom is 0.227 e. The summed E-state index contributed by atoms with van der Waals surface area (Å²) in [6.45, 7) is 1.76. The number of hydrogen-bond donors (Lipinski definition) is 0. The number of aryl methyl sites for hydroxylation is 1. The first-order valence-corrected chi connectivity index (χ1v) is 7.84. The molecule has 0 saturated carbocycles. The first-order chi connectivity index (χ1) is 10.8. The summed E-state index contributed by atoms with van der Waals surface area (Å²) in [5, 5.41) is 3.95. The summed E-state index contributed by atoms with van der Waals surface area (Å²) in [5.41, 5.74) is 0.865. The van der Waals surface area contributed by atoms with Gasteiger partial charge in [0.2, 0.25) is 17.6 Å². The third-order valence-electron chi connectivity index (χ3n) is 3.92. The highest BCUT2D eigenvalue weighted by atomic mass is 16.5. The zero-order valence-corrected chi connectivity index (χ0v) is 12.6. The van der Waals surface area contributed by atoms with Crippen LogP contribution in [0.4, 0.5) is 0 Å². The maximum atomic E-state index is 12.2. The lowest BCUT2D eigenvalue weighted by atomic mass is 10.2. The zero-order valence-electron chi connectivity index (χ0n) is 12.6. The summed E-state index contributed by atoms with van der Waals surface area (Å²) in [6, 6.07) is 3.66. The lowest BCUT2D eigenvalue weighted by molar-refractivity contribution is -0.131. The fraction of sp³-hybridized carbons (Fsp3) is 0.500. The predicted octanol–water partition coefficient (Wildman–Crippen LogP) is 2.47. The summed E-state index contributed by atoms with van der Waals surface area (Å²) in [4.78, 5) is 22.5. The van der Waals surface area contributed by atoms with E-state index in [0.29, 0.717) is 24.6 Å². The van der Waals surface area contributed by atoms with Crippen molar-refractivity contribution in [2.24, 2.45) is 0 Å². The normalized spacial score (nSPS) is 15.5. The van der Waals surface area contributed by atoms with Gasteiger partial charge in [0.05, 0.1) is 0 Å². The van der Waals surface area contributed by atoms with Crippen molar-refractivity contribution >= 4 is 5.91 Å². The third-order valence-corrected chi connectivity index (χ3v) is 3.92. The van der Waals surface area contributed by atoms with Gasteiger partial charge < -0.3 is 9.42 Å². The molecule has 0 spiro atoms. The molecular formula is C16H20N4O2. The van der Waals surface area contributed by atoms with E-state index in [1.165, 1.54) is 12.8 Å². The van der Waals surface area contributed by atoms with Crippen molar-refractivity contribution in [1.29, 1.82) is 0 Å². The topological polar surface area (TPSA) is 72.1 Å². The minimum Gasteiger partial charge on any atom is -0.343 e. The van der Waals surface area contributed by atoms with Crippen LogP contribution in [0.1, 0.15) is 38.0 Å². The van der Waals surface area contributed by atoms with Crippen molar-refractivity contribution in [3.05, 3.63) is 30.4 Å². The number of hydrogen-bond acceptors (Lipinski definition) is 5. The van der Waals surface area contributed by atoms with Gasteiger partial charge in [-0.2, -0.15) is 4.98 Å². The average Bonchev–Trinajstić information content (AvgIpc) is 2.87. The minimum atomic E-state index is 0.186. The molecule has 116 valence electrons. The van der Waals surface area contributed by atoms with Gasteiger partial charge in [-0.05, 0) is 25.0 Å². The summed E-state index contributed by atoms with van der Waals surface area (Å²) in [5.74, 6) is 1.24. The smallest absolute Gasteiger partial charge is 0.227 e. The largest absolute Gasteiger partial charge is 0.343 e. The number of nitrogens with zero attached hydrogens (tertiary/aromatic N) is 4. The number of carbonyl (C=O) groups is 1. The lowest BCUT2D eigenvalue weighted by Gasteiger charge is -2.19. The van der Waals surface area contributed by atoms with E-state index in [1.807, 2.05) is 17.0 Å². The SMILES string of the molecule is O=C(CCc1nc(-c2ccncc2)no1)N1CCCCCC1. The number of rotatable bonds is 4. The van der Waals surface area contributed by atoms with E-state index in [2.05, 4.69) is 15.1 Å². The maximum absolute atomic E-state index is 12.2. The molecule has 3 rings (SSSR count). The standard InChI is InChI=1S/C16H20N4O2/c21-15(20-11-3-1-2-4-12-20)6-5-14-18-16(19-22-14)13-7-9-17-10-8-13/h7-10H,1-6,11-12H2. The number of likely N-dealkylation sites (tertiary alicyclic amines) is 1. The Morgan fingerprint density at radius 1 is 1.14 bits per heavy atom. The van der Waals surface area contributed by atoms with Gasteiger partial charge in [-0.1, -0.05) is 18.0 Å². The fourth-order valence-electron chi connectivity index (χ4n) is 2.67. The Hall–Kier alpha value is -2.24. The quantitative estimate of drug-likeness (QED) is 0.867. The van der Waals surface area contributed by atoms with Crippen LogP contribution in [0.15, 0.2) is 29.0 Å². The highest BCUT2D eigenvalue weighted by Crippen LogP contribution is 2.15. The first-order valence-electron chi connectivity index (χ1n) is 7.84. The van der Waals surface area contributed by atoms with E-state index < -0.39 is 0 Å². The van der Waals surface area contributed by atoms with Gasteiger partial charge in [0.25, 0.3) is 0 Å². The Balaban J connectivity index is 1.55. The molecule has 0 bridgehead atoms. The average molecular weight is 300 g/mol.